The minimum atomic E-state index is -2.90. The maximum Gasteiger partial charge on any atom is 0.328 e. The molecule has 0 spiro atoms. The predicted molar refractivity (Wildman–Crippen MR) is 70.1 cm³/mol. The third-order valence-electron chi connectivity index (χ3n) is 4.00. The predicted octanol–water partition coefficient (Wildman–Crippen LogP) is 0.217. The molecule has 20 heavy (non-hydrogen) atoms. The molecule has 1 aromatic rings. The number of fused-ring (bicyclic) bond motifs is 1. The van der Waals surface area contributed by atoms with E-state index in [9.17, 15) is 18.3 Å². The van der Waals surface area contributed by atoms with Crippen molar-refractivity contribution in [2.24, 2.45) is 5.92 Å². The van der Waals surface area contributed by atoms with Gasteiger partial charge in [0.1, 0.15) is 5.82 Å². The lowest BCUT2D eigenvalue weighted by Gasteiger charge is -2.19. The van der Waals surface area contributed by atoms with Crippen LogP contribution in [0.5, 0.6) is 0 Å². The van der Waals surface area contributed by atoms with Gasteiger partial charge in [0.05, 0.1) is 11.5 Å². The van der Waals surface area contributed by atoms with Crippen LogP contribution in [0.25, 0.3) is 0 Å². The number of rotatable bonds is 3. The molecule has 0 aromatic carbocycles. The maximum atomic E-state index is 11.4. The highest BCUT2D eigenvalue weighted by Crippen LogP contribution is 2.26. The molecule has 0 aliphatic carbocycles. The van der Waals surface area contributed by atoms with Crippen LogP contribution >= 0.6 is 0 Å². The molecule has 3 rings (SSSR count). The lowest BCUT2D eigenvalue weighted by Crippen LogP contribution is -2.26. The van der Waals surface area contributed by atoms with E-state index in [0.717, 1.165) is 12.8 Å². The number of nitrogens with zero attached hydrogens (tertiary/aromatic N) is 3. The first-order valence-electron chi connectivity index (χ1n) is 6.82. The van der Waals surface area contributed by atoms with Crippen LogP contribution in [0.4, 0.5) is 0 Å². The summed E-state index contributed by atoms with van der Waals surface area (Å²) in [6.45, 7) is 0. The van der Waals surface area contributed by atoms with Crippen molar-refractivity contribution in [3.63, 3.8) is 0 Å². The minimum absolute atomic E-state index is 0.0627. The quantitative estimate of drug-likeness (QED) is 0.856. The number of sulfone groups is 1. The second kappa shape index (κ2) is 4.83. The first-order valence-corrected chi connectivity index (χ1v) is 8.64. The van der Waals surface area contributed by atoms with E-state index < -0.39 is 21.8 Å². The Bertz CT molecular complexity index is 637. The van der Waals surface area contributed by atoms with Gasteiger partial charge in [0.25, 0.3) is 0 Å². The number of aryl methyl sites for hydroxylation is 1. The van der Waals surface area contributed by atoms with Crippen molar-refractivity contribution >= 4 is 15.8 Å². The molecule has 110 valence electrons. The number of aromatic nitrogens is 3. The number of carboxylic acids is 1. The molecule has 0 bridgehead atoms. The smallest absolute Gasteiger partial charge is 0.328 e. The van der Waals surface area contributed by atoms with Gasteiger partial charge in [-0.05, 0) is 25.2 Å². The van der Waals surface area contributed by atoms with E-state index in [1.165, 1.54) is 4.68 Å². The number of carboxylic acid groups (broad SMARTS) is 1. The minimum Gasteiger partial charge on any atom is -0.480 e. The second-order valence-corrected chi connectivity index (χ2v) is 7.84. The maximum absolute atomic E-state index is 11.4. The Balaban J connectivity index is 1.78. The summed E-state index contributed by atoms with van der Waals surface area (Å²) in [5.74, 6) is 0.899. The second-order valence-electron chi connectivity index (χ2n) is 5.61. The van der Waals surface area contributed by atoms with Gasteiger partial charge in [-0.25, -0.2) is 22.9 Å². The zero-order valence-electron chi connectivity index (χ0n) is 11.0. The first kappa shape index (κ1) is 13.5. The van der Waals surface area contributed by atoms with Gasteiger partial charge in [-0.3, -0.25) is 0 Å². The van der Waals surface area contributed by atoms with Crippen LogP contribution in [-0.4, -0.2) is 45.8 Å². The zero-order valence-corrected chi connectivity index (χ0v) is 11.8. The lowest BCUT2D eigenvalue weighted by atomic mass is 10.1. The summed E-state index contributed by atoms with van der Waals surface area (Å²) in [5.41, 5.74) is 0. The number of aliphatic carboxylic acids is 1. The third kappa shape index (κ3) is 2.56. The average Bonchev–Trinajstić information content (AvgIpc) is 2.91. The van der Waals surface area contributed by atoms with Crippen LogP contribution in [-0.2, 0) is 27.5 Å². The number of carbonyl (C=O) groups is 1. The molecule has 3 heterocycles. The van der Waals surface area contributed by atoms with E-state index in [1.807, 2.05) is 0 Å². The van der Waals surface area contributed by atoms with E-state index in [-0.39, 0.29) is 17.4 Å². The van der Waals surface area contributed by atoms with Crippen LogP contribution in [0.2, 0.25) is 0 Å². The van der Waals surface area contributed by atoms with Gasteiger partial charge in [0.2, 0.25) is 0 Å². The lowest BCUT2D eigenvalue weighted by molar-refractivity contribution is -0.141. The zero-order chi connectivity index (χ0) is 14.3. The molecule has 0 radical (unpaired) electrons. The third-order valence-corrected chi connectivity index (χ3v) is 5.84. The monoisotopic (exact) mass is 299 g/mol. The molecule has 0 amide bonds. The van der Waals surface area contributed by atoms with Crippen molar-refractivity contribution in [1.82, 2.24) is 14.8 Å². The highest BCUT2D eigenvalue weighted by Gasteiger charge is 2.31. The molecule has 2 aliphatic rings. The Kier molecular flexibility index (Phi) is 3.27. The van der Waals surface area contributed by atoms with Crippen LogP contribution < -0.4 is 0 Å². The van der Waals surface area contributed by atoms with Gasteiger partial charge < -0.3 is 5.11 Å². The fourth-order valence-electron chi connectivity index (χ4n) is 3.01. The van der Waals surface area contributed by atoms with Gasteiger partial charge in [-0.1, -0.05) is 0 Å². The molecule has 1 aromatic heterocycles. The first-order chi connectivity index (χ1) is 9.44. The number of hydrogen-bond donors (Lipinski definition) is 1. The molecule has 2 aliphatic heterocycles. The topological polar surface area (TPSA) is 102 Å². The molecule has 8 heteroatoms. The Morgan fingerprint density at radius 2 is 2.20 bits per heavy atom. The molecular formula is C12H17N3O4S. The average molecular weight is 299 g/mol. The Morgan fingerprint density at radius 1 is 1.40 bits per heavy atom. The summed E-state index contributed by atoms with van der Waals surface area (Å²) < 4.78 is 24.4. The summed E-state index contributed by atoms with van der Waals surface area (Å²) in [6, 6.07) is -0.632. The van der Waals surface area contributed by atoms with Gasteiger partial charge in [-0.15, -0.1) is 0 Å². The summed E-state index contributed by atoms with van der Waals surface area (Å²) in [4.78, 5) is 15.6. The molecule has 2 unspecified atom stereocenters. The van der Waals surface area contributed by atoms with Gasteiger partial charge in [0.15, 0.2) is 21.7 Å². The Hall–Kier alpha value is -1.44. The van der Waals surface area contributed by atoms with Crippen molar-refractivity contribution in [3.05, 3.63) is 11.6 Å². The van der Waals surface area contributed by atoms with Crippen LogP contribution in [0.1, 0.15) is 37.0 Å². The molecule has 1 fully saturated rings. The fourth-order valence-corrected chi connectivity index (χ4v) is 4.87. The van der Waals surface area contributed by atoms with E-state index in [2.05, 4.69) is 10.1 Å². The van der Waals surface area contributed by atoms with E-state index in [0.29, 0.717) is 30.9 Å². The van der Waals surface area contributed by atoms with Crippen molar-refractivity contribution in [2.75, 3.05) is 11.5 Å². The van der Waals surface area contributed by atoms with Crippen molar-refractivity contribution in [2.45, 2.75) is 38.1 Å². The van der Waals surface area contributed by atoms with Gasteiger partial charge >= 0.3 is 5.97 Å². The van der Waals surface area contributed by atoms with Crippen LogP contribution in [0.3, 0.4) is 0 Å². The highest BCUT2D eigenvalue weighted by atomic mass is 32.2. The van der Waals surface area contributed by atoms with E-state index >= 15 is 0 Å². The molecule has 7 nitrogen and oxygen atoms in total. The van der Waals surface area contributed by atoms with Crippen molar-refractivity contribution in [1.29, 1.82) is 0 Å². The number of hydrogen-bond acceptors (Lipinski definition) is 5. The largest absolute Gasteiger partial charge is 0.480 e. The SMILES string of the molecule is O=C(O)C1CCCc2nc(CC3CCS(=O)(=O)C3)nn21. The standard InChI is InChI=1S/C12H17N3O4S/c16-12(17)9-2-1-3-11-13-10(14-15(9)11)6-8-4-5-20(18,19)7-8/h8-9H,1-7H2,(H,16,17). The van der Waals surface area contributed by atoms with Gasteiger partial charge in [-0.2, -0.15) is 5.10 Å². The summed E-state index contributed by atoms with van der Waals surface area (Å²) in [7, 11) is -2.90. The highest BCUT2D eigenvalue weighted by molar-refractivity contribution is 7.91. The normalized spacial score (nSPS) is 28.2. The Morgan fingerprint density at radius 3 is 2.85 bits per heavy atom. The molecular weight excluding hydrogens is 282 g/mol. The summed E-state index contributed by atoms with van der Waals surface area (Å²) in [5, 5.41) is 13.5. The van der Waals surface area contributed by atoms with Gasteiger partial charge in [0, 0.05) is 12.8 Å². The van der Waals surface area contributed by atoms with Crippen LogP contribution in [0, 0.1) is 5.92 Å². The van der Waals surface area contributed by atoms with Crippen molar-refractivity contribution < 1.29 is 18.3 Å². The van der Waals surface area contributed by atoms with E-state index in [4.69, 9.17) is 0 Å². The molecule has 1 saturated heterocycles. The van der Waals surface area contributed by atoms with Crippen molar-refractivity contribution in [3.8, 4) is 0 Å². The Labute approximate surface area is 116 Å². The fraction of sp³-hybridized carbons (Fsp3) is 0.750. The molecule has 0 saturated carbocycles. The molecule has 1 N–H and O–H groups in total. The van der Waals surface area contributed by atoms with Crippen LogP contribution in [0.15, 0.2) is 0 Å². The summed E-state index contributed by atoms with van der Waals surface area (Å²) >= 11 is 0. The summed E-state index contributed by atoms with van der Waals surface area (Å²) in [6.07, 6.45) is 3.27. The van der Waals surface area contributed by atoms with E-state index in [1.54, 1.807) is 0 Å². The molecule has 2 atom stereocenters.